The third kappa shape index (κ3) is 3.25. The number of aromatic nitrogens is 1. The van der Waals surface area contributed by atoms with Crippen molar-refractivity contribution in [2.45, 2.75) is 31.8 Å². The first-order valence-electron chi connectivity index (χ1n) is 7.94. The highest BCUT2D eigenvalue weighted by Gasteiger charge is 2.31. The van der Waals surface area contributed by atoms with Crippen LogP contribution in [-0.2, 0) is 16.1 Å². The van der Waals surface area contributed by atoms with Crippen LogP contribution < -0.4 is 0 Å². The van der Waals surface area contributed by atoms with Crippen LogP contribution in [0.25, 0.3) is 10.9 Å². The van der Waals surface area contributed by atoms with Crippen molar-refractivity contribution in [3.8, 4) is 0 Å². The summed E-state index contributed by atoms with van der Waals surface area (Å²) < 4.78 is 1.55. The van der Waals surface area contributed by atoms with Gasteiger partial charge in [0.2, 0.25) is 0 Å². The van der Waals surface area contributed by atoms with Crippen LogP contribution in [0.3, 0.4) is 0 Å². The van der Waals surface area contributed by atoms with Gasteiger partial charge in [0.05, 0.1) is 5.52 Å². The number of fused-ring (bicyclic) bond motifs is 1. The van der Waals surface area contributed by atoms with Crippen LogP contribution in [0.5, 0.6) is 0 Å². The fourth-order valence-electron chi connectivity index (χ4n) is 3.45. The molecule has 1 aromatic heterocycles. The quantitative estimate of drug-likeness (QED) is 0.866. The third-order valence-corrected chi connectivity index (χ3v) is 4.70. The number of hydrogen-bond acceptors (Lipinski definition) is 3. The molecule has 0 bridgehead atoms. The second-order valence-electron chi connectivity index (χ2n) is 6.10. The molecule has 1 atom stereocenters. The van der Waals surface area contributed by atoms with E-state index in [9.17, 15) is 14.7 Å². The molecule has 0 amide bonds. The zero-order valence-electron chi connectivity index (χ0n) is 13.1. The standard InChI is InChI=1S/C17H19ClN2O4/c18-11-4-5-12-13(9-20(10-15(21)22)14(12)8-11)16(17(23)24)19-6-2-1-3-7-19/h4-5,8-9,16H,1-3,6-7,10H2,(H,21,22)(H,23,24)/t16-/m1/s1. The Labute approximate surface area is 144 Å². The summed E-state index contributed by atoms with van der Waals surface area (Å²) in [6.45, 7) is 1.23. The number of rotatable bonds is 5. The van der Waals surface area contributed by atoms with Gasteiger partial charge in [-0.1, -0.05) is 24.1 Å². The Kier molecular flexibility index (Phi) is 4.78. The molecule has 1 saturated heterocycles. The number of hydrogen-bond donors (Lipinski definition) is 2. The van der Waals surface area contributed by atoms with Gasteiger partial charge in [0, 0.05) is 22.2 Å². The summed E-state index contributed by atoms with van der Waals surface area (Å²) in [4.78, 5) is 25.0. The molecule has 1 fully saturated rings. The monoisotopic (exact) mass is 350 g/mol. The Morgan fingerprint density at radius 3 is 2.50 bits per heavy atom. The van der Waals surface area contributed by atoms with Gasteiger partial charge in [-0.15, -0.1) is 0 Å². The maximum absolute atomic E-state index is 11.9. The number of aliphatic carboxylic acids is 2. The number of halogens is 1. The lowest BCUT2D eigenvalue weighted by atomic mass is 10.0. The number of benzene rings is 1. The zero-order valence-corrected chi connectivity index (χ0v) is 13.9. The Balaban J connectivity index is 2.12. The smallest absolute Gasteiger partial charge is 0.325 e. The van der Waals surface area contributed by atoms with Crippen LogP contribution in [-0.4, -0.2) is 44.7 Å². The fraction of sp³-hybridized carbons (Fsp3) is 0.412. The average Bonchev–Trinajstić information content (AvgIpc) is 2.85. The number of carboxylic acids is 2. The molecule has 3 rings (SSSR count). The van der Waals surface area contributed by atoms with E-state index < -0.39 is 18.0 Å². The molecule has 1 aliphatic rings. The summed E-state index contributed by atoms with van der Waals surface area (Å²) in [5, 5.41) is 20.1. The molecule has 1 aromatic carbocycles. The van der Waals surface area contributed by atoms with E-state index in [4.69, 9.17) is 16.7 Å². The van der Waals surface area contributed by atoms with Crippen LogP contribution in [0.2, 0.25) is 5.02 Å². The molecule has 128 valence electrons. The second kappa shape index (κ2) is 6.83. The molecule has 0 aliphatic carbocycles. The highest BCUT2D eigenvalue weighted by atomic mass is 35.5. The predicted molar refractivity (Wildman–Crippen MR) is 90.4 cm³/mol. The predicted octanol–water partition coefficient (Wildman–Crippen LogP) is 2.99. The minimum absolute atomic E-state index is 0.233. The van der Waals surface area contributed by atoms with Gasteiger partial charge in [-0.3, -0.25) is 14.5 Å². The van der Waals surface area contributed by atoms with Gasteiger partial charge in [-0.05, 0) is 38.1 Å². The SMILES string of the molecule is O=C(O)Cn1cc([C@H](C(=O)O)N2CCCCC2)c2ccc(Cl)cc21. The Hall–Kier alpha value is -2.05. The van der Waals surface area contributed by atoms with Crippen LogP contribution >= 0.6 is 11.6 Å². The molecule has 0 saturated carbocycles. The molecule has 7 heteroatoms. The van der Waals surface area contributed by atoms with Gasteiger partial charge in [-0.25, -0.2) is 0 Å². The van der Waals surface area contributed by atoms with Crippen LogP contribution in [0.4, 0.5) is 0 Å². The van der Waals surface area contributed by atoms with Crippen molar-refractivity contribution in [3.05, 3.63) is 35.0 Å². The molecule has 2 heterocycles. The van der Waals surface area contributed by atoms with E-state index in [2.05, 4.69) is 0 Å². The molecule has 2 aromatic rings. The lowest BCUT2D eigenvalue weighted by molar-refractivity contribution is -0.144. The molecule has 24 heavy (non-hydrogen) atoms. The van der Waals surface area contributed by atoms with E-state index >= 15 is 0 Å². The van der Waals surface area contributed by atoms with Gasteiger partial charge in [0.15, 0.2) is 0 Å². The van der Waals surface area contributed by atoms with Crippen LogP contribution in [0.15, 0.2) is 24.4 Å². The van der Waals surface area contributed by atoms with Crippen LogP contribution in [0.1, 0.15) is 30.9 Å². The Morgan fingerprint density at radius 2 is 1.88 bits per heavy atom. The van der Waals surface area contributed by atoms with Crippen molar-refractivity contribution in [3.63, 3.8) is 0 Å². The first kappa shape index (κ1) is 16.8. The number of likely N-dealkylation sites (tertiary alicyclic amines) is 1. The Bertz CT molecular complexity index is 780. The largest absolute Gasteiger partial charge is 0.480 e. The van der Waals surface area contributed by atoms with E-state index in [0.29, 0.717) is 16.1 Å². The molecular weight excluding hydrogens is 332 g/mol. The summed E-state index contributed by atoms with van der Waals surface area (Å²) in [6.07, 6.45) is 4.70. The molecule has 6 nitrogen and oxygen atoms in total. The molecular formula is C17H19ClN2O4. The first-order valence-corrected chi connectivity index (χ1v) is 8.32. The van der Waals surface area contributed by atoms with Gasteiger partial charge < -0.3 is 14.8 Å². The van der Waals surface area contributed by atoms with Crippen molar-refractivity contribution in [1.82, 2.24) is 9.47 Å². The fourth-order valence-corrected chi connectivity index (χ4v) is 3.62. The van der Waals surface area contributed by atoms with Crippen LogP contribution in [0, 0.1) is 0 Å². The topological polar surface area (TPSA) is 82.8 Å². The van der Waals surface area contributed by atoms with Gasteiger partial charge >= 0.3 is 11.9 Å². The molecule has 0 radical (unpaired) electrons. The molecule has 0 spiro atoms. The first-order chi connectivity index (χ1) is 11.5. The van der Waals surface area contributed by atoms with Gasteiger partial charge in [-0.2, -0.15) is 0 Å². The minimum atomic E-state index is -0.983. The third-order valence-electron chi connectivity index (χ3n) is 4.47. The summed E-state index contributed by atoms with van der Waals surface area (Å²) in [6, 6.07) is 4.38. The lowest BCUT2D eigenvalue weighted by Gasteiger charge is -2.31. The van der Waals surface area contributed by atoms with E-state index in [1.54, 1.807) is 29.0 Å². The number of nitrogens with zero attached hydrogens (tertiary/aromatic N) is 2. The number of carboxylic acid groups (broad SMARTS) is 2. The maximum Gasteiger partial charge on any atom is 0.325 e. The highest BCUT2D eigenvalue weighted by molar-refractivity contribution is 6.31. The van der Waals surface area contributed by atoms with Crippen molar-refractivity contribution in [2.75, 3.05) is 13.1 Å². The van der Waals surface area contributed by atoms with Crippen molar-refractivity contribution in [1.29, 1.82) is 0 Å². The molecule has 0 unspecified atom stereocenters. The number of carbonyl (C=O) groups is 2. The summed E-state index contributed by atoms with van der Waals surface area (Å²) in [5.74, 6) is -1.90. The minimum Gasteiger partial charge on any atom is -0.480 e. The van der Waals surface area contributed by atoms with Crippen molar-refractivity contribution < 1.29 is 19.8 Å². The summed E-state index contributed by atoms with van der Waals surface area (Å²) >= 11 is 6.04. The summed E-state index contributed by atoms with van der Waals surface area (Å²) in [5.41, 5.74) is 1.26. The maximum atomic E-state index is 11.9. The molecule has 2 N–H and O–H groups in total. The Morgan fingerprint density at radius 1 is 1.17 bits per heavy atom. The molecule has 1 aliphatic heterocycles. The average molecular weight is 351 g/mol. The van der Waals surface area contributed by atoms with Gasteiger partial charge in [0.25, 0.3) is 0 Å². The van der Waals surface area contributed by atoms with Crippen molar-refractivity contribution >= 4 is 34.4 Å². The normalized spacial score (nSPS) is 17.0. The van der Waals surface area contributed by atoms with Gasteiger partial charge in [0.1, 0.15) is 12.6 Å². The summed E-state index contributed by atoms with van der Waals surface area (Å²) in [7, 11) is 0. The zero-order chi connectivity index (χ0) is 17.3. The highest BCUT2D eigenvalue weighted by Crippen LogP contribution is 2.33. The van der Waals surface area contributed by atoms with E-state index in [-0.39, 0.29) is 6.54 Å². The van der Waals surface area contributed by atoms with E-state index in [1.165, 1.54) is 0 Å². The second-order valence-corrected chi connectivity index (χ2v) is 6.54. The van der Waals surface area contributed by atoms with Crippen molar-refractivity contribution in [2.24, 2.45) is 0 Å². The van der Waals surface area contributed by atoms with E-state index in [1.807, 2.05) is 4.90 Å². The van der Waals surface area contributed by atoms with E-state index in [0.717, 1.165) is 37.7 Å². The number of piperidine rings is 1. The lowest BCUT2D eigenvalue weighted by Crippen LogP contribution is -2.37.